The second-order valence-electron chi connectivity index (χ2n) is 6.49. The minimum atomic E-state index is -1.47. The van der Waals surface area contributed by atoms with E-state index in [0.29, 0.717) is 35.5 Å². The van der Waals surface area contributed by atoms with Crippen LogP contribution in [0.2, 0.25) is 10.0 Å². The predicted molar refractivity (Wildman–Crippen MR) is 126 cm³/mol. The Bertz CT molecular complexity index is 1020. The van der Waals surface area contributed by atoms with Gasteiger partial charge in [0.15, 0.2) is 28.7 Å². The maximum absolute atomic E-state index is 13.0. The van der Waals surface area contributed by atoms with Crippen molar-refractivity contribution in [2.45, 2.75) is 26.8 Å². The van der Waals surface area contributed by atoms with Crippen LogP contribution in [-0.4, -0.2) is 45.2 Å². The van der Waals surface area contributed by atoms with Gasteiger partial charge in [0.05, 0.1) is 32.5 Å². The summed E-state index contributed by atoms with van der Waals surface area (Å²) < 4.78 is 21.7. The summed E-state index contributed by atoms with van der Waals surface area (Å²) >= 11 is 12.3. The number of anilines is 1. The normalized spacial score (nSPS) is 11.7. The van der Waals surface area contributed by atoms with Crippen LogP contribution in [0, 0.1) is 0 Å². The molecule has 11 heteroatoms. The maximum atomic E-state index is 13.0. The molecule has 0 saturated heterocycles. The Labute approximate surface area is 202 Å². The minimum Gasteiger partial charge on any atom is -0.494 e. The summed E-state index contributed by atoms with van der Waals surface area (Å²) in [7, 11) is 2.81. The molecule has 2 rings (SSSR count). The fourth-order valence-electron chi connectivity index (χ4n) is 2.83. The Morgan fingerprint density at radius 2 is 1.61 bits per heavy atom. The number of hydrogen-bond acceptors (Lipinski definition) is 8. The smallest absolute Gasteiger partial charge is 0.259 e. The first kappa shape index (κ1) is 26.2. The Kier molecular flexibility index (Phi) is 9.74. The van der Waals surface area contributed by atoms with Crippen LogP contribution >= 0.6 is 23.2 Å². The number of hydrogen-bond donors (Lipinski definition) is 1. The van der Waals surface area contributed by atoms with Gasteiger partial charge in [-0.2, -0.15) is 5.11 Å². The lowest BCUT2D eigenvalue weighted by Crippen LogP contribution is -2.32. The molecule has 2 aromatic carbocycles. The summed E-state index contributed by atoms with van der Waals surface area (Å²) in [5, 5.41) is 11.3. The summed E-state index contributed by atoms with van der Waals surface area (Å²) in [5.41, 5.74) is 0.371. The van der Waals surface area contributed by atoms with E-state index in [-0.39, 0.29) is 22.1 Å². The highest BCUT2D eigenvalue weighted by atomic mass is 35.5. The number of methoxy groups -OCH3 is 2. The third-order valence-electron chi connectivity index (χ3n) is 4.25. The van der Waals surface area contributed by atoms with Crippen LogP contribution in [0.15, 0.2) is 34.5 Å². The molecule has 0 aromatic heterocycles. The average molecular weight is 498 g/mol. The number of nitrogens with one attached hydrogen (secondary N) is 1. The van der Waals surface area contributed by atoms with Crippen LogP contribution in [0.4, 0.5) is 11.4 Å². The van der Waals surface area contributed by atoms with Gasteiger partial charge in [0.25, 0.3) is 5.91 Å². The van der Waals surface area contributed by atoms with E-state index in [9.17, 15) is 9.59 Å². The number of halogens is 2. The first-order valence-electron chi connectivity index (χ1n) is 9.99. The summed E-state index contributed by atoms with van der Waals surface area (Å²) in [6, 6.07) is 4.74. The van der Waals surface area contributed by atoms with Crippen molar-refractivity contribution in [3.05, 3.63) is 34.3 Å². The number of Topliss-reactive ketones (excluding diaryl/α,β-unsaturated/α-hetero) is 1. The maximum Gasteiger partial charge on any atom is 0.259 e. The molecule has 0 radical (unpaired) electrons. The number of ketones is 1. The highest BCUT2D eigenvalue weighted by molar-refractivity contribution is 6.33. The van der Waals surface area contributed by atoms with Gasteiger partial charge in [0.2, 0.25) is 6.04 Å². The first-order chi connectivity index (χ1) is 15.8. The van der Waals surface area contributed by atoms with E-state index in [2.05, 4.69) is 15.5 Å². The number of carbonyl (C=O) groups excluding carboxylic acids is 2. The Balaban J connectivity index is 2.45. The van der Waals surface area contributed by atoms with Gasteiger partial charge in [-0.15, -0.1) is 5.11 Å². The van der Waals surface area contributed by atoms with Crippen molar-refractivity contribution >= 4 is 46.3 Å². The van der Waals surface area contributed by atoms with Gasteiger partial charge in [-0.1, -0.05) is 23.2 Å². The fraction of sp³-hybridized carbons (Fsp3) is 0.364. The molecule has 0 fully saturated rings. The predicted octanol–water partition coefficient (Wildman–Crippen LogP) is 5.49. The molecule has 0 aliphatic carbocycles. The second-order valence-corrected chi connectivity index (χ2v) is 7.34. The zero-order valence-electron chi connectivity index (χ0n) is 18.9. The number of rotatable bonds is 11. The molecule has 178 valence electrons. The van der Waals surface area contributed by atoms with Crippen molar-refractivity contribution in [2.24, 2.45) is 10.2 Å². The number of nitrogens with zero attached hydrogens (tertiary/aromatic N) is 2. The van der Waals surface area contributed by atoms with Gasteiger partial charge in [-0.05, 0) is 32.9 Å². The molecule has 0 spiro atoms. The minimum absolute atomic E-state index is 0.162. The quantitative estimate of drug-likeness (QED) is 0.324. The lowest BCUT2D eigenvalue weighted by Gasteiger charge is -2.17. The van der Waals surface area contributed by atoms with E-state index < -0.39 is 17.7 Å². The average Bonchev–Trinajstić information content (AvgIpc) is 2.76. The highest BCUT2D eigenvalue weighted by Crippen LogP contribution is 2.42. The Morgan fingerprint density at radius 3 is 2.09 bits per heavy atom. The highest BCUT2D eigenvalue weighted by Gasteiger charge is 2.27. The molecule has 1 N–H and O–H groups in total. The summed E-state index contributed by atoms with van der Waals surface area (Å²) in [6.45, 7) is 5.48. The van der Waals surface area contributed by atoms with Crippen molar-refractivity contribution < 1.29 is 28.5 Å². The topological polar surface area (TPSA) is 108 Å². The van der Waals surface area contributed by atoms with Crippen LogP contribution in [0.3, 0.4) is 0 Å². The van der Waals surface area contributed by atoms with E-state index in [4.69, 9.17) is 42.1 Å². The molecule has 1 unspecified atom stereocenters. The van der Waals surface area contributed by atoms with Crippen molar-refractivity contribution in [3.8, 4) is 23.0 Å². The standard InChI is InChI=1S/C22H25Cl2N3O6/c1-6-32-16-10-13(23)11-17(33-7-2)19(16)27-26-18(12(3)28)22(29)25-20-15(30-4)9-8-14(24)21(20)31-5/h8-11,18H,6-7H2,1-5H3,(H,25,29). The zero-order chi connectivity index (χ0) is 24.5. The van der Waals surface area contributed by atoms with Gasteiger partial charge < -0.3 is 24.3 Å². The van der Waals surface area contributed by atoms with Crippen molar-refractivity contribution in [1.82, 2.24) is 0 Å². The molecule has 0 aliphatic rings. The molecule has 0 aliphatic heterocycles. The summed E-state index contributed by atoms with van der Waals surface area (Å²) in [6.07, 6.45) is 0. The first-order valence-corrected chi connectivity index (χ1v) is 10.7. The van der Waals surface area contributed by atoms with Crippen molar-refractivity contribution in [2.75, 3.05) is 32.8 Å². The molecule has 0 bridgehead atoms. The van der Waals surface area contributed by atoms with Gasteiger partial charge >= 0.3 is 0 Å². The molecule has 1 atom stereocenters. The number of ether oxygens (including phenoxy) is 4. The third kappa shape index (κ3) is 6.49. The van der Waals surface area contributed by atoms with Gasteiger partial charge in [0.1, 0.15) is 11.4 Å². The number of carbonyl (C=O) groups is 2. The largest absolute Gasteiger partial charge is 0.494 e. The van der Waals surface area contributed by atoms with Gasteiger partial charge in [0, 0.05) is 17.2 Å². The summed E-state index contributed by atoms with van der Waals surface area (Å²) in [4.78, 5) is 25.2. The fourth-order valence-corrected chi connectivity index (χ4v) is 3.27. The Morgan fingerprint density at radius 1 is 1.00 bits per heavy atom. The molecule has 0 saturated carbocycles. The molecule has 33 heavy (non-hydrogen) atoms. The third-order valence-corrected chi connectivity index (χ3v) is 4.77. The van der Waals surface area contributed by atoms with E-state index in [0.717, 1.165) is 0 Å². The van der Waals surface area contributed by atoms with E-state index in [1.807, 2.05) is 0 Å². The van der Waals surface area contributed by atoms with Crippen molar-refractivity contribution in [1.29, 1.82) is 0 Å². The van der Waals surface area contributed by atoms with E-state index in [1.54, 1.807) is 38.1 Å². The molecular formula is C22H25Cl2N3O6. The zero-order valence-corrected chi connectivity index (χ0v) is 20.4. The Hall–Kier alpha value is -3.04. The summed E-state index contributed by atoms with van der Waals surface area (Å²) in [5.74, 6) is -0.218. The number of amides is 1. The second kappa shape index (κ2) is 12.3. The SMILES string of the molecule is CCOc1cc(Cl)cc(OCC)c1N=NC(C(C)=O)C(=O)Nc1c(OC)ccc(Cl)c1OC. The van der Waals surface area contributed by atoms with E-state index >= 15 is 0 Å². The molecule has 2 aromatic rings. The van der Waals surface area contributed by atoms with Gasteiger partial charge in [-0.25, -0.2) is 0 Å². The molecule has 0 heterocycles. The lowest BCUT2D eigenvalue weighted by molar-refractivity contribution is -0.126. The monoisotopic (exact) mass is 497 g/mol. The van der Waals surface area contributed by atoms with Gasteiger partial charge in [-0.3, -0.25) is 9.59 Å². The van der Waals surface area contributed by atoms with Crippen LogP contribution < -0.4 is 24.3 Å². The molecule has 1 amide bonds. The van der Waals surface area contributed by atoms with Crippen LogP contribution in [0.1, 0.15) is 20.8 Å². The number of benzene rings is 2. The lowest BCUT2D eigenvalue weighted by atomic mass is 10.2. The van der Waals surface area contributed by atoms with E-state index in [1.165, 1.54) is 21.1 Å². The van der Waals surface area contributed by atoms with Crippen molar-refractivity contribution in [3.63, 3.8) is 0 Å². The van der Waals surface area contributed by atoms with Crippen LogP contribution in [-0.2, 0) is 9.59 Å². The molecule has 9 nitrogen and oxygen atoms in total. The van der Waals surface area contributed by atoms with Crippen LogP contribution in [0.5, 0.6) is 23.0 Å². The molecular weight excluding hydrogens is 473 g/mol. The number of azo groups is 1. The van der Waals surface area contributed by atoms with Crippen LogP contribution in [0.25, 0.3) is 0 Å².